The van der Waals surface area contributed by atoms with Crippen LogP contribution in [0.3, 0.4) is 0 Å². The van der Waals surface area contributed by atoms with Crippen molar-refractivity contribution in [2.45, 2.75) is 6.42 Å². The van der Waals surface area contributed by atoms with Crippen molar-refractivity contribution in [1.29, 1.82) is 0 Å². The van der Waals surface area contributed by atoms with Crippen LogP contribution in [0.15, 0.2) is 54.6 Å². The number of amides is 1. The van der Waals surface area contributed by atoms with E-state index in [1.54, 1.807) is 12.1 Å². The van der Waals surface area contributed by atoms with Crippen molar-refractivity contribution in [2.75, 3.05) is 5.43 Å². The summed E-state index contributed by atoms with van der Waals surface area (Å²) in [7, 11) is 0. The Morgan fingerprint density at radius 1 is 1.06 bits per heavy atom. The van der Waals surface area contributed by atoms with Gasteiger partial charge in [0.25, 0.3) is 0 Å². The number of carbonyl (C=O) groups excluding carboxylic acids is 1. The minimum Gasteiger partial charge on any atom is -0.299 e. The standard InChI is InChI=1S/C14H13FN2O/c15-12-6-4-5-11(9-12)10-14(18)17-16-13-7-2-1-3-8-13/h1-9,16H,10H2,(H,17,18). The monoisotopic (exact) mass is 244 g/mol. The van der Waals surface area contributed by atoms with Crippen LogP contribution in [0.5, 0.6) is 0 Å². The molecule has 0 aliphatic rings. The van der Waals surface area contributed by atoms with Gasteiger partial charge < -0.3 is 0 Å². The molecule has 0 saturated heterocycles. The van der Waals surface area contributed by atoms with Gasteiger partial charge in [0.2, 0.25) is 5.91 Å². The summed E-state index contributed by atoms with van der Waals surface area (Å²) in [6.45, 7) is 0. The number of hydrogen-bond donors (Lipinski definition) is 2. The molecule has 0 saturated carbocycles. The quantitative estimate of drug-likeness (QED) is 0.811. The topological polar surface area (TPSA) is 41.1 Å². The number of benzene rings is 2. The van der Waals surface area contributed by atoms with Crippen molar-refractivity contribution < 1.29 is 9.18 Å². The first-order chi connectivity index (χ1) is 8.74. The average molecular weight is 244 g/mol. The number of rotatable bonds is 4. The molecular weight excluding hydrogens is 231 g/mol. The summed E-state index contributed by atoms with van der Waals surface area (Å²) in [4.78, 5) is 11.6. The van der Waals surface area contributed by atoms with Gasteiger partial charge in [0.15, 0.2) is 0 Å². The van der Waals surface area contributed by atoms with E-state index in [0.29, 0.717) is 5.56 Å². The molecule has 2 rings (SSSR count). The van der Waals surface area contributed by atoms with E-state index in [2.05, 4.69) is 10.9 Å². The predicted octanol–water partition coefficient (Wildman–Crippen LogP) is 2.51. The zero-order valence-corrected chi connectivity index (χ0v) is 9.69. The van der Waals surface area contributed by atoms with Gasteiger partial charge >= 0.3 is 0 Å². The molecule has 92 valence electrons. The first-order valence-corrected chi connectivity index (χ1v) is 5.58. The van der Waals surface area contributed by atoms with E-state index in [9.17, 15) is 9.18 Å². The third-order valence-corrected chi connectivity index (χ3v) is 2.37. The lowest BCUT2D eigenvalue weighted by atomic mass is 10.1. The second-order valence-electron chi connectivity index (χ2n) is 3.85. The first kappa shape index (κ1) is 12.1. The van der Waals surface area contributed by atoms with Crippen LogP contribution in [0.25, 0.3) is 0 Å². The molecular formula is C14H13FN2O. The second kappa shape index (κ2) is 5.82. The largest absolute Gasteiger partial charge is 0.299 e. The van der Waals surface area contributed by atoms with Gasteiger partial charge in [0.05, 0.1) is 12.1 Å². The number of para-hydroxylation sites is 1. The van der Waals surface area contributed by atoms with Crippen LogP contribution in [0, 0.1) is 5.82 Å². The SMILES string of the molecule is O=C(Cc1cccc(F)c1)NNc1ccccc1. The van der Waals surface area contributed by atoms with E-state index in [-0.39, 0.29) is 18.1 Å². The van der Waals surface area contributed by atoms with Crippen LogP contribution in [-0.2, 0) is 11.2 Å². The molecule has 0 bridgehead atoms. The number of hydrazine groups is 1. The fraction of sp³-hybridized carbons (Fsp3) is 0.0714. The lowest BCUT2D eigenvalue weighted by Gasteiger charge is -2.08. The van der Waals surface area contributed by atoms with E-state index in [0.717, 1.165) is 5.69 Å². The van der Waals surface area contributed by atoms with Crippen LogP contribution in [0.2, 0.25) is 0 Å². The summed E-state index contributed by atoms with van der Waals surface area (Å²) in [6, 6.07) is 15.3. The normalized spacial score (nSPS) is 9.83. The Balaban J connectivity index is 1.86. The van der Waals surface area contributed by atoms with Crippen molar-refractivity contribution >= 4 is 11.6 Å². The van der Waals surface area contributed by atoms with Crippen molar-refractivity contribution in [3.63, 3.8) is 0 Å². The maximum atomic E-state index is 12.9. The number of hydrogen-bond acceptors (Lipinski definition) is 2. The number of carbonyl (C=O) groups is 1. The van der Waals surface area contributed by atoms with Crippen LogP contribution in [-0.4, -0.2) is 5.91 Å². The minimum atomic E-state index is -0.337. The number of anilines is 1. The first-order valence-electron chi connectivity index (χ1n) is 5.58. The highest BCUT2D eigenvalue weighted by Gasteiger charge is 2.03. The Bertz CT molecular complexity index is 528. The highest BCUT2D eigenvalue weighted by Crippen LogP contribution is 2.05. The molecule has 0 aliphatic heterocycles. The molecule has 0 radical (unpaired) electrons. The molecule has 0 aromatic heterocycles. The second-order valence-corrected chi connectivity index (χ2v) is 3.85. The summed E-state index contributed by atoms with van der Waals surface area (Å²) >= 11 is 0. The van der Waals surface area contributed by atoms with Gasteiger partial charge in [-0.15, -0.1) is 0 Å². The molecule has 0 heterocycles. The summed E-state index contributed by atoms with van der Waals surface area (Å²) in [5.74, 6) is -0.555. The predicted molar refractivity (Wildman–Crippen MR) is 68.3 cm³/mol. The molecule has 2 aromatic carbocycles. The van der Waals surface area contributed by atoms with Crippen LogP contribution in [0.4, 0.5) is 10.1 Å². The molecule has 0 atom stereocenters. The lowest BCUT2D eigenvalue weighted by Crippen LogP contribution is -2.30. The zero-order chi connectivity index (χ0) is 12.8. The minimum absolute atomic E-state index is 0.137. The molecule has 2 N–H and O–H groups in total. The molecule has 4 heteroatoms. The summed E-state index contributed by atoms with van der Waals surface area (Å²) in [5.41, 5.74) is 6.78. The summed E-state index contributed by atoms with van der Waals surface area (Å²) in [6.07, 6.45) is 0.137. The smallest absolute Gasteiger partial charge is 0.242 e. The fourth-order valence-electron chi connectivity index (χ4n) is 1.54. The van der Waals surface area contributed by atoms with Crippen LogP contribution in [0.1, 0.15) is 5.56 Å². The molecule has 3 nitrogen and oxygen atoms in total. The highest BCUT2D eigenvalue weighted by atomic mass is 19.1. The van der Waals surface area contributed by atoms with Gasteiger partial charge in [-0.1, -0.05) is 30.3 Å². The molecule has 0 unspecified atom stereocenters. The molecule has 18 heavy (non-hydrogen) atoms. The number of nitrogens with one attached hydrogen (secondary N) is 2. The Kier molecular flexibility index (Phi) is 3.91. The molecule has 0 aliphatic carbocycles. The average Bonchev–Trinajstić information content (AvgIpc) is 2.38. The van der Waals surface area contributed by atoms with Crippen molar-refractivity contribution in [2.24, 2.45) is 0 Å². The molecule has 2 aromatic rings. The van der Waals surface area contributed by atoms with Gasteiger partial charge in [-0.05, 0) is 29.8 Å². The Labute approximate surface area is 105 Å². The third-order valence-electron chi connectivity index (χ3n) is 2.37. The van der Waals surface area contributed by atoms with Gasteiger partial charge in [-0.3, -0.25) is 15.6 Å². The Hall–Kier alpha value is -2.36. The van der Waals surface area contributed by atoms with Gasteiger partial charge in [0, 0.05) is 0 Å². The molecule has 1 amide bonds. The van der Waals surface area contributed by atoms with E-state index in [4.69, 9.17) is 0 Å². The van der Waals surface area contributed by atoms with Crippen molar-refractivity contribution in [3.05, 3.63) is 66.0 Å². The third kappa shape index (κ3) is 3.59. The zero-order valence-electron chi connectivity index (χ0n) is 9.69. The van der Waals surface area contributed by atoms with Crippen molar-refractivity contribution in [3.8, 4) is 0 Å². The van der Waals surface area contributed by atoms with Gasteiger partial charge in [0.1, 0.15) is 5.82 Å². The van der Waals surface area contributed by atoms with Crippen molar-refractivity contribution in [1.82, 2.24) is 5.43 Å². The maximum absolute atomic E-state index is 12.9. The Morgan fingerprint density at radius 3 is 2.56 bits per heavy atom. The highest BCUT2D eigenvalue weighted by molar-refractivity contribution is 5.79. The molecule has 0 fully saturated rings. The van der Waals surface area contributed by atoms with Gasteiger partial charge in [-0.25, -0.2) is 4.39 Å². The Morgan fingerprint density at radius 2 is 1.83 bits per heavy atom. The van der Waals surface area contributed by atoms with E-state index < -0.39 is 0 Å². The van der Waals surface area contributed by atoms with Crippen LogP contribution < -0.4 is 10.9 Å². The summed E-state index contributed by atoms with van der Waals surface area (Å²) < 4.78 is 12.9. The number of halogens is 1. The van der Waals surface area contributed by atoms with E-state index >= 15 is 0 Å². The van der Waals surface area contributed by atoms with Crippen LogP contribution >= 0.6 is 0 Å². The van der Waals surface area contributed by atoms with Gasteiger partial charge in [-0.2, -0.15) is 0 Å². The van der Waals surface area contributed by atoms with E-state index in [1.807, 2.05) is 30.3 Å². The lowest BCUT2D eigenvalue weighted by molar-refractivity contribution is -0.119. The van der Waals surface area contributed by atoms with E-state index in [1.165, 1.54) is 12.1 Å². The maximum Gasteiger partial charge on any atom is 0.242 e. The molecule has 0 spiro atoms. The summed E-state index contributed by atoms with van der Waals surface area (Å²) in [5, 5.41) is 0. The fourth-order valence-corrected chi connectivity index (χ4v) is 1.54.